The molecule has 0 radical (unpaired) electrons. The summed E-state index contributed by atoms with van der Waals surface area (Å²) in [4.78, 5) is 8.57. The Morgan fingerprint density at radius 2 is 0.920 bits per heavy atom. The molecule has 0 saturated heterocycles. The van der Waals surface area contributed by atoms with Gasteiger partial charge in [0.05, 0.1) is 0 Å². The highest BCUT2D eigenvalue weighted by atomic mass is 35.5. The number of aliphatic imine (C=N–C) groups is 2. The van der Waals surface area contributed by atoms with Crippen molar-refractivity contribution in [2.24, 2.45) is 21.5 Å². The van der Waals surface area contributed by atoms with Crippen LogP contribution in [0.2, 0.25) is 0 Å². The molecule has 0 aromatic rings. The molecule has 0 aliphatic rings. The van der Waals surface area contributed by atoms with E-state index in [-0.39, 0.29) is 24.8 Å². The van der Waals surface area contributed by atoms with Crippen LogP contribution in [0.4, 0.5) is 0 Å². The van der Waals surface area contributed by atoms with Crippen LogP contribution in [0.3, 0.4) is 0 Å². The lowest BCUT2D eigenvalue weighted by atomic mass is 10.1. The van der Waals surface area contributed by atoms with E-state index in [1.807, 2.05) is 0 Å². The van der Waals surface area contributed by atoms with Gasteiger partial charge in [0, 0.05) is 13.1 Å². The largest absolute Gasteiger partial charge is 0.370 e. The van der Waals surface area contributed by atoms with Gasteiger partial charge in [0.25, 0.3) is 0 Å². The van der Waals surface area contributed by atoms with Crippen molar-refractivity contribution in [2.75, 3.05) is 13.1 Å². The first kappa shape index (κ1) is 29.1. The molecular weight excluding hydrogens is 357 g/mol. The molecule has 0 aromatic heterocycles. The summed E-state index contributed by atoms with van der Waals surface area (Å²) in [5.41, 5.74) is 11.6. The van der Waals surface area contributed by atoms with Gasteiger partial charge in [-0.15, -0.1) is 24.8 Å². The molecular formula is C18H41Cl2N5. The first-order valence-corrected chi connectivity index (χ1v) is 9.57. The lowest BCUT2D eigenvalue weighted by Gasteiger charge is -2.05. The minimum Gasteiger partial charge on any atom is -0.370 e. The number of halogens is 2. The van der Waals surface area contributed by atoms with E-state index in [1.165, 1.54) is 64.2 Å². The van der Waals surface area contributed by atoms with E-state index in [2.05, 4.69) is 29.1 Å². The minimum absolute atomic E-state index is 0. The highest BCUT2D eigenvalue weighted by molar-refractivity contribution is 5.96. The van der Waals surface area contributed by atoms with Crippen LogP contribution in [-0.2, 0) is 0 Å². The Morgan fingerprint density at radius 3 is 1.28 bits per heavy atom. The van der Waals surface area contributed by atoms with E-state index in [4.69, 9.17) is 11.5 Å². The fourth-order valence-electron chi connectivity index (χ4n) is 2.39. The van der Waals surface area contributed by atoms with Crippen molar-refractivity contribution in [1.82, 2.24) is 5.32 Å². The molecule has 0 atom stereocenters. The Balaban J connectivity index is -0.00000242. The first-order chi connectivity index (χ1) is 11.2. The number of guanidine groups is 2. The molecule has 7 heteroatoms. The van der Waals surface area contributed by atoms with Crippen molar-refractivity contribution in [2.45, 2.75) is 90.9 Å². The summed E-state index contributed by atoms with van der Waals surface area (Å²) in [5.74, 6) is 0.755. The van der Waals surface area contributed by atoms with Gasteiger partial charge in [0.2, 0.25) is 0 Å². The van der Waals surface area contributed by atoms with Crippen molar-refractivity contribution in [3.63, 3.8) is 0 Å². The van der Waals surface area contributed by atoms with Crippen molar-refractivity contribution < 1.29 is 0 Å². The molecule has 0 aliphatic heterocycles. The number of unbranched alkanes of at least 4 members (excludes halogenated alkanes) is 10. The summed E-state index contributed by atoms with van der Waals surface area (Å²) in [6.45, 7) is 5.98. The summed E-state index contributed by atoms with van der Waals surface area (Å²) in [6.07, 6.45) is 15.1. The van der Waals surface area contributed by atoms with Gasteiger partial charge in [-0.2, -0.15) is 0 Å². The number of hydrogen-bond acceptors (Lipinski definition) is 2. The Hall–Kier alpha value is -0.680. The number of rotatable bonds is 14. The fraction of sp³-hybridized carbons (Fsp3) is 0.889. The molecule has 0 spiro atoms. The highest BCUT2D eigenvalue weighted by Crippen LogP contribution is 2.05. The maximum atomic E-state index is 5.80. The van der Waals surface area contributed by atoms with E-state index < -0.39 is 0 Å². The first-order valence-electron chi connectivity index (χ1n) is 9.57. The van der Waals surface area contributed by atoms with Gasteiger partial charge < -0.3 is 11.5 Å². The summed E-state index contributed by atoms with van der Waals surface area (Å²) >= 11 is 0. The molecule has 5 nitrogen and oxygen atoms in total. The molecule has 0 aromatic carbocycles. The maximum absolute atomic E-state index is 5.80. The lowest BCUT2D eigenvalue weighted by molar-refractivity contribution is 0.611. The van der Waals surface area contributed by atoms with Crippen LogP contribution in [-0.4, -0.2) is 25.0 Å². The minimum atomic E-state index is 0. The van der Waals surface area contributed by atoms with Crippen LogP contribution in [0.5, 0.6) is 0 Å². The topological polar surface area (TPSA) is 88.8 Å². The third-order valence-corrected chi connectivity index (χ3v) is 3.84. The second-order valence-electron chi connectivity index (χ2n) is 6.19. The van der Waals surface area contributed by atoms with E-state index in [1.54, 1.807) is 0 Å². The molecule has 0 amide bonds. The predicted molar refractivity (Wildman–Crippen MR) is 117 cm³/mol. The molecule has 0 rings (SSSR count). The lowest BCUT2D eigenvalue weighted by Crippen LogP contribution is -2.41. The Labute approximate surface area is 167 Å². The van der Waals surface area contributed by atoms with E-state index in [0.717, 1.165) is 25.9 Å². The predicted octanol–water partition coefficient (Wildman–Crippen LogP) is 4.77. The number of nitrogens with two attached hydrogens (primary N) is 2. The van der Waals surface area contributed by atoms with Gasteiger partial charge in [-0.3, -0.25) is 15.3 Å². The Morgan fingerprint density at radius 1 is 0.600 bits per heavy atom. The van der Waals surface area contributed by atoms with Crippen LogP contribution in [0.15, 0.2) is 9.98 Å². The van der Waals surface area contributed by atoms with Gasteiger partial charge in [0.1, 0.15) is 0 Å². The molecule has 0 heterocycles. The highest BCUT2D eigenvalue weighted by Gasteiger charge is 1.96. The standard InChI is InChI=1S/C18H39N5.2ClH/c1-3-5-7-9-11-13-15-21-17(19)23-18(20)22-16-14-12-10-8-6-4-2;;/h3-16H2,1-2H3,(H5,19,20,21,22,23);2*1H. The third-order valence-electron chi connectivity index (χ3n) is 3.84. The number of nitrogens with zero attached hydrogens (tertiary/aromatic N) is 2. The SMILES string of the molecule is CCCCCCCCN=C(N)NC(N)=NCCCCCCCC.Cl.Cl. The average Bonchev–Trinajstić information content (AvgIpc) is 2.53. The molecule has 0 unspecified atom stereocenters. The fourth-order valence-corrected chi connectivity index (χ4v) is 2.39. The van der Waals surface area contributed by atoms with Crippen molar-refractivity contribution in [3.05, 3.63) is 0 Å². The molecule has 0 aliphatic carbocycles. The molecule has 0 fully saturated rings. The molecule has 25 heavy (non-hydrogen) atoms. The van der Waals surface area contributed by atoms with E-state index in [9.17, 15) is 0 Å². The van der Waals surface area contributed by atoms with Gasteiger partial charge >= 0.3 is 0 Å². The molecule has 0 bridgehead atoms. The molecule has 5 N–H and O–H groups in total. The normalized spacial score (nSPS) is 11.6. The second kappa shape index (κ2) is 23.3. The second-order valence-corrected chi connectivity index (χ2v) is 6.19. The van der Waals surface area contributed by atoms with Gasteiger partial charge in [-0.1, -0.05) is 78.1 Å². The van der Waals surface area contributed by atoms with Crippen LogP contribution >= 0.6 is 24.8 Å². The van der Waals surface area contributed by atoms with Gasteiger partial charge in [0.15, 0.2) is 11.9 Å². The number of nitrogens with one attached hydrogen (secondary N) is 1. The third kappa shape index (κ3) is 23.3. The monoisotopic (exact) mass is 397 g/mol. The van der Waals surface area contributed by atoms with Crippen molar-refractivity contribution >= 4 is 36.7 Å². The van der Waals surface area contributed by atoms with Crippen LogP contribution < -0.4 is 16.8 Å². The zero-order chi connectivity index (χ0) is 17.2. The molecule has 152 valence electrons. The quantitative estimate of drug-likeness (QED) is 0.224. The summed E-state index contributed by atoms with van der Waals surface area (Å²) in [6, 6.07) is 0. The van der Waals surface area contributed by atoms with Gasteiger partial charge in [-0.05, 0) is 12.8 Å². The average molecular weight is 398 g/mol. The zero-order valence-corrected chi connectivity index (χ0v) is 17.9. The van der Waals surface area contributed by atoms with E-state index in [0.29, 0.717) is 11.9 Å². The summed E-state index contributed by atoms with van der Waals surface area (Å²) in [7, 11) is 0. The summed E-state index contributed by atoms with van der Waals surface area (Å²) in [5, 5.41) is 2.86. The number of hydrogen-bond donors (Lipinski definition) is 3. The van der Waals surface area contributed by atoms with E-state index >= 15 is 0 Å². The van der Waals surface area contributed by atoms with Crippen molar-refractivity contribution in [3.8, 4) is 0 Å². The van der Waals surface area contributed by atoms with Crippen LogP contribution in [0.1, 0.15) is 90.9 Å². The summed E-state index contributed by atoms with van der Waals surface area (Å²) < 4.78 is 0. The van der Waals surface area contributed by atoms with Gasteiger partial charge in [-0.25, -0.2) is 0 Å². The maximum Gasteiger partial charge on any atom is 0.195 e. The Bertz CT molecular complexity index is 293. The zero-order valence-electron chi connectivity index (χ0n) is 16.3. The van der Waals surface area contributed by atoms with Crippen LogP contribution in [0, 0.1) is 0 Å². The molecule has 0 saturated carbocycles. The Kier molecular flexibility index (Phi) is 27.1. The van der Waals surface area contributed by atoms with Crippen LogP contribution in [0.25, 0.3) is 0 Å². The van der Waals surface area contributed by atoms with Crippen molar-refractivity contribution in [1.29, 1.82) is 0 Å². The smallest absolute Gasteiger partial charge is 0.195 e.